The summed E-state index contributed by atoms with van der Waals surface area (Å²) in [5, 5.41) is 3.63. The standard InChI is InChI=1S/C22H19Cl2NO4/c1-27-19-10-7-14(22(26)25-18-9-8-16(23)12-17(18)24)11-15(19)13-29-21-6-4-3-5-20(21)28-2/h3-12H,13H2,1-2H3,(H,25,26). The second kappa shape index (κ2) is 9.54. The fourth-order valence-corrected chi connectivity index (χ4v) is 3.17. The van der Waals surface area contributed by atoms with E-state index in [0.29, 0.717) is 44.1 Å². The van der Waals surface area contributed by atoms with Crippen LogP contribution in [0.5, 0.6) is 17.2 Å². The Bertz CT molecular complexity index is 1020. The monoisotopic (exact) mass is 431 g/mol. The van der Waals surface area contributed by atoms with E-state index in [4.69, 9.17) is 37.4 Å². The van der Waals surface area contributed by atoms with Crippen LogP contribution in [-0.4, -0.2) is 20.1 Å². The van der Waals surface area contributed by atoms with E-state index in [2.05, 4.69) is 5.32 Å². The van der Waals surface area contributed by atoms with Crippen LogP contribution in [0.3, 0.4) is 0 Å². The van der Waals surface area contributed by atoms with Crippen molar-refractivity contribution in [1.29, 1.82) is 0 Å². The van der Waals surface area contributed by atoms with Crippen molar-refractivity contribution in [2.24, 2.45) is 0 Å². The van der Waals surface area contributed by atoms with Crippen LogP contribution >= 0.6 is 23.2 Å². The molecule has 0 aromatic heterocycles. The summed E-state index contributed by atoms with van der Waals surface area (Å²) in [6.07, 6.45) is 0. The Hall–Kier alpha value is -2.89. The molecule has 0 aliphatic rings. The van der Waals surface area contributed by atoms with Gasteiger partial charge in [0.2, 0.25) is 0 Å². The number of amides is 1. The van der Waals surface area contributed by atoms with Crippen molar-refractivity contribution in [3.8, 4) is 17.2 Å². The van der Waals surface area contributed by atoms with Crippen LogP contribution in [0.25, 0.3) is 0 Å². The molecule has 7 heteroatoms. The molecular weight excluding hydrogens is 413 g/mol. The summed E-state index contributed by atoms with van der Waals surface area (Å²) >= 11 is 12.0. The van der Waals surface area contributed by atoms with E-state index in [9.17, 15) is 4.79 Å². The lowest BCUT2D eigenvalue weighted by atomic mass is 10.1. The van der Waals surface area contributed by atoms with Crippen LogP contribution in [0, 0.1) is 0 Å². The Balaban J connectivity index is 1.79. The Morgan fingerprint density at radius 3 is 2.31 bits per heavy atom. The highest BCUT2D eigenvalue weighted by Crippen LogP contribution is 2.29. The summed E-state index contributed by atoms with van der Waals surface area (Å²) in [6.45, 7) is 0.201. The third-order valence-corrected chi connectivity index (χ3v) is 4.72. The third-order valence-electron chi connectivity index (χ3n) is 4.17. The summed E-state index contributed by atoms with van der Waals surface area (Å²) in [4.78, 5) is 12.7. The van der Waals surface area contributed by atoms with Gasteiger partial charge in [0.1, 0.15) is 12.4 Å². The van der Waals surface area contributed by atoms with Gasteiger partial charge in [-0.2, -0.15) is 0 Å². The van der Waals surface area contributed by atoms with E-state index >= 15 is 0 Å². The van der Waals surface area contributed by atoms with Crippen molar-refractivity contribution < 1.29 is 19.0 Å². The zero-order valence-corrected chi connectivity index (χ0v) is 17.4. The zero-order valence-electron chi connectivity index (χ0n) is 15.9. The lowest BCUT2D eigenvalue weighted by Crippen LogP contribution is -2.13. The lowest BCUT2D eigenvalue weighted by Gasteiger charge is -2.14. The van der Waals surface area contributed by atoms with Crippen molar-refractivity contribution in [2.75, 3.05) is 19.5 Å². The van der Waals surface area contributed by atoms with Gasteiger partial charge in [-0.15, -0.1) is 0 Å². The van der Waals surface area contributed by atoms with Gasteiger partial charge >= 0.3 is 0 Å². The number of benzene rings is 3. The highest BCUT2D eigenvalue weighted by atomic mass is 35.5. The normalized spacial score (nSPS) is 10.3. The molecule has 29 heavy (non-hydrogen) atoms. The number of carbonyl (C=O) groups is 1. The van der Waals surface area contributed by atoms with Gasteiger partial charge in [0, 0.05) is 16.1 Å². The molecule has 1 N–H and O–H groups in total. The average molecular weight is 432 g/mol. The summed E-state index contributed by atoms with van der Waals surface area (Å²) in [5.74, 6) is 1.52. The third kappa shape index (κ3) is 5.13. The SMILES string of the molecule is COc1ccc(C(=O)Nc2ccc(Cl)cc2Cl)cc1COc1ccccc1OC. The van der Waals surface area contributed by atoms with E-state index in [-0.39, 0.29) is 12.5 Å². The largest absolute Gasteiger partial charge is 0.496 e. The molecule has 0 spiro atoms. The molecule has 150 valence electrons. The van der Waals surface area contributed by atoms with Crippen LogP contribution in [0.2, 0.25) is 10.0 Å². The molecule has 0 unspecified atom stereocenters. The van der Waals surface area contributed by atoms with E-state index < -0.39 is 0 Å². The van der Waals surface area contributed by atoms with Crippen LogP contribution in [-0.2, 0) is 6.61 Å². The van der Waals surface area contributed by atoms with Gasteiger partial charge in [-0.25, -0.2) is 0 Å². The first-order valence-corrected chi connectivity index (χ1v) is 9.46. The molecule has 0 atom stereocenters. The molecule has 0 aliphatic carbocycles. The highest BCUT2D eigenvalue weighted by Gasteiger charge is 2.13. The van der Waals surface area contributed by atoms with E-state index in [1.54, 1.807) is 50.6 Å². The van der Waals surface area contributed by atoms with Crippen LogP contribution in [0.1, 0.15) is 15.9 Å². The minimum Gasteiger partial charge on any atom is -0.496 e. The Kier molecular flexibility index (Phi) is 6.86. The second-order valence-corrected chi connectivity index (χ2v) is 6.89. The number of halogens is 2. The first-order valence-electron chi connectivity index (χ1n) is 8.71. The maximum atomic E-state index is 12.7. The van der Waals surface area contributed by atoms with Crippen LogP contribution in [0.4, 0.5) is 5.69 Å². The first kappa shape index (κ1) is 20.8. The van der Waals surface area contributed by atoms with Crippen molar-refractivity contribution in [3.63, 3.8) is 0 Å². The molecule has 0 radical (unpaired) electrons. The quantitative estimate of drug-likeness (QED) is 0.510. The fraction of sp³-hybridized carbons (Fsp3) is 0.136. The number of hydrogen-bond donors (Lipinski definition) is 1. The molecule has 0 bridgehead atoms. The van der Waals surface area contributed by atoms with E-state index in [0.717, 1.165) is 0 Å². The number of para-hydroxylation sites is 2. The first-order chi connectivity index (χ1) is 14.0. The fourth-order valence-electron chi connectivity index (χ4n) is 2.71. The molecule has 5 nitrogen and oxygen atoms in total. The van der Waals surface area contributed by atoms with Crippen molar-refractivity contribution in [1.82, 2.24) is 0 Å². The number of carbonyl (C=O) groups excluding carboxylic acids is 1. The molecular formula is C22H19Cl2NO4. The minimum absolute atomic E-state index is 0.201. The van der Waals surface area contributed by atoms with Gasteiger partial charge in [0.05, 0.1) is 24.9 Å². The van der Waals surface area contributed by atoms with E-state index in [1.807, 2.05) is 24.3 Å². The molecule has 0 saturated carbocycles. The molecule has 0 aliphatic heterocycles. The zero-order chi connectivity index (χ0) is 20.8. The Morgan fingerprint density at radius 1 is 0.897 bits per heavy atom. The molecule has 0 fully saturated rings. The number of hydrogen-bond acceptors (Lipinski definition) is 4. The molecule has 3 aromatic rings. The summed E-state index contributed by atoms with van der Waals surface area (Å²) in [6, 6.07) is 17.3. The lowest BCUT2D eigenvalue weighted by molar-refractivity contribution is 0.102. The van der Waals surface area contributed by atoms with Gasteiger partial charge in [0.15, 0.2) is 11.5 Å². The molecule has 0 saturated heterocycles. The molecule has 3 aromatic carbocycles. The molecule has 1 amide bonds. The molecule has 0 heterocycles. The van der Waals surface area contributed by atoms with Gasteiger partial charge < -0.3 is 19.5 Å². The van der Waals surface area contributed by atoms with Crippen molar-refractivity contribution >= 4 is 34.8 Å². The maximum Gasteiger partial charge on any atom is 0.255 e. The highest BCUT2D eigenvalue weighted by molar-refractivity contribution is 6.36. The van der Waals surface area contributed by atoms with Crippen LogP contribution in [0.15, 0.2) is 60.7 Å². The van der Waals surface area contributed by atoms with Gasteiger partial charge in [-0.05, 0) is 48.5 Å². The van der Waals surface area contributed by atoms with Gasteiger partial charge in [-0.1, -0.05) is 35.3 Å². The Morgan fingerprint density at radius 2 is 1.62 bits per heavy atom. The number of anilines is 1. The number of methoxy groups -OCH3 is 2. The number of rotatable bonds is 7. The summed E-state index contributed by atoms with van der Waals surface area (Å²) < 4.78 is 16.6. The van der Waals surface area contributed by atoms with Crippen molar-refractivity contribution in [2.45, 2.75) is 6.61 Å². The topological polar surface area (TPSA) is 56.8 Å². The van der Waals surface area contributed by atoms with Gasteiger partial charge in [-0.3, -0.25) is 4.79 Å². The predicted octanol–water partition coefficient (Wildman–Crippen LogP) is 5.84. The Labute approximate surface area is 179 Å². The predicted molar refractivity (Wildman–Crippen MR) is 115 cm³/mol. The summed E-state index contributed by atoms with van der Waals surface area (Å²) in [5.41, 5.74) is 1.63. The number of ether oxygens (including phenoxy) is 3. The second-order valence-electron chi connectivity index (χ2n) is 6.04. The van der Waals surface area contributed by atoms with Gasteiger partial charge in [0.25, 0.3) is 5.91 Å². The van der Waals surface area contributed by atoms with Crippen LogP contribution < -0.4 is 19.5 Å². The maximum absolute atomic E-state index is 12.7. The average Bonchev–Trinajstić information content (AvgIpc) is 2.74. The van der Waals surface area contributed by atoms with Crippen molar-refractivity contribution in [3.05, 3.63) is 81.8 Å². The smallest absolute Gasteiger partial charge is 0.255 e. The minimum atomic E-state index is -0.310. The number of nitrogens with one attached hydrogen (secondary N) is 1. The molecule has 3 rings (SSSR count). The van der Waals surface area contributed by atoms with E-state index in [1.165, 1.54) is 0 Å². The summed E-state index contributed by atoms with van der Waals surface area (Å²) in [7, 11) is 3.14.